The summed E-state index contributed by atoms with van der Waals surface area (Å²) in [6.07, 6.45) is -1.20. The molecule has 4 unspecified atom stereocenters. The minimum atomic E-state index is -1.25. The number of aromatic nitrogens is 1. The quantitative estimate of drug-likeness (QED) is 0.0865. The van der Waals surface area contributed by atoms with E-state index in [1.54, 1.807) is 9.80 Å². The zero-order valence-corrected chi connectivity index (χ0v) is 37.3. The SMILES string of the molecule is CCC(C)C(C(=O)NC(Cc1ccccc1)C(O)CN(Cc1cccc(Oc2ccc(C)cc2)c1)NC(=O)N(CC(C)(C)C)C(=O)OC)N1CCN(Cc2cccc(C)n2)C1=O. The van der Waals surface area contributed by atoms with Gasteiger partial charge in [-0.1, -0.05) is 107 Å². The lowest BCUT2D eigenvalue weighted by Gasteiger charge is -2.35. The van der Waals surface area contributed by atoms with Gasteiger partial charge in [-0.25, -0.2) is 24.3 Å². The monoisotopic (exact) mass is 849 g/mol. The molecule has 14 heteroatoms. The molecule has 1 aliphatic heterocycles. The van der Waals surface area contributed by atoms with E-state index < -0.39 is 35.7 Å². The number of methoxy groups -OCH3 is 1. The van der Waals surface area contributed by atoms with Crippen molar-refractivity contribution in [2.45, 2.75) is 92.6 Å². The van der Waals surface area contributed by atoms with Crippen LogP contribution in [0.1, 0.15) is 69.1 Å². The number of aliphatic hydroxyl groups is 1. The molecule has 1 fully saturated rings. The fraction of sp³-hybridized carbons (Fsp3) is 0.438. The smallest absolute Gasteiger partial charge is 0.417 e. The summed E-state index contributed by atoms with van der Waals surface area (Å²) in [5.74, 6) is 0.633. The van der Waals surface area contributed by atoms with E-state index in [2.05, 4.69) is 15.7 Å². The number of aryl methyl sites for hydroxylation is 2. The van der Waals surface area contributed by atoms with Gasteiger partial charge in [0.2, 0.25) is 5.91 Å². The van der Waals surface area contributed by atoms with Crippen LogP contribution in [0.15, 0.2) is 97.1 Å². The molecule has 62 heavy (non-hydrogen) atoms. The minimum absolute atomic E-state index is 0.0552. The van der Waals surface area contributed by atoms with Crippen LogP contribution in [-0.2, 0) is 29.0 Å². The highest BCUT2D eigenvalue weighted by molar-refractivity contribution is 5.90. The molecule has 1 saturated heterocycles. The Balaban J connectivity index is 1.42. The van der Waals surface area contributed by atoms with E-state index in [1.807, 2.05) is 146 Å². The number of nitrogens with one attached hydrogen (secondary N) is 2. The Kier molecular flexibility index (Phi) is 16.5. The molecular formula is C48H63N7O7. The van der Waals surface area contributed by atoms with Crippen LogP contribution in [0.4, 0.5) is 14.4 Å². The maximum Gasteiger partial charge on any atom is 0.417 e. The summed E-state index contributed by atoms with van der Waals surface area (Å²) < 4.78 is 11.1. The summed E-state index contributed by atoms with van der Waals surface area (Å²) in [6, 6.07) is 27.6. The number of aliphatic hydroxyl groups excluding tert-OH is 1. The van der Waals surface area contributed by atoms with Crippen molar-refractivity contribution in [2.24, 2.45) is 11.3 Å². The molecule has 14 nitrogen and oxygen atoms in total. The van der Waals surface area contributed by atoms with Gasteiger partial charge in [-0.05, 0) is 79.1 Å². The number of hydrazine groups is 1. The van der Waals surface area contributed by atoms with Gasteiger partial charge in [0.25, 0.3) is 0 Å². The summed E-state index contributed by atoms with van der Waals surface area (Å²) in [4.78, 5) is 64.3. The Morgan fingerprint density at radius 1 is 0.903 bits per heavy atom. The number of hydrogen-bond donors (Lipinski definition) is 3. The molecule has 3 aromatic carbocycles. The van der Waals surface area contributed by atoms with Crippen molar-refractivity contribution in [1.29, 1.82) is 0 Å². The summed E-state index contributed by atoms with van der Waals surface area (Å²) in [5.41, 5.74) is 6.72. The highest BCUT2D eigenvalue weighted by atomic mass is 16.5. The van der Waals surface area contributed by atoms with E-state index in [9.17, 15) is 24.3 Å². The van der Waals surface area contributed by atoms with Gasteiger partial charge in [0.05, 0.1) is 31.5 Å². The van der Waals surface area contributed by atoms with Crippen molar-refractivity contribution in [3.05, 3.63) is 125 Å². The van der Waals surface area contributed by atoms with Crippen LogP contribution in [0, 0.1) is 25.2 Å². The molecule has 0 radical (unpaired) electrons. The van der Waals surface area contributed by atoms with Gasteiger partial charge in [0.1, 0.15) is 17.5 Å². The second kappa shape index (κ2) is 21.7. The molecule has 1 aliphatic rings. The van der Waals surface area contributed by atoms with E-state index in [0.717, 1.165) is 33.0 Å². The van der Waals surface area contributed by atoms with Crippen LogP contribution in [0.3, 0.4) is 0 Å². The number of pyridine rings is 1. The molecule has 5 rings (SSSR count). The molecule has 0 bridgehead atoms. The lowest BCUT2D eigenvalue weighted by Crippen LogP contribution is -2.59. The van der Waals surface area contributed by atoms with Crippen LogP contribution in [0.5, 0.6) is 11.5 Å². The van der Waals surface area contributed by atoms with Gasteiger partial charge in [0, 0.05) is 38.4 Å². The number of amides is 6. The number of carbonyl (C=O) groups excluding carboxylic acids is 4. The summed E-state index contributed by atoms with van der Waals surface area (Å²) in [6.45, 7) is 14.6. The van der Waals surface area contributed by atoms with Crippen LogP contribution < -0.4 is 15.5 Å². The third-order valence-corrected chi connectivity index (χ3v) is 10.8. The molecule has 6 amide bonds. The van der Waals surface area contributed by atoms with Crippen molar-refractivity contribution >= 4 is 24.1 Å². The van der Waals surface area contributed by atoms with Crippen molar-refractivity contribution < 1.29 is 33.8 Å². The van der Waals surface area contributed by atoms with Gasteiger partial charge < -0.3 is 29.7 Å². The van der Waals surface area contributed by atoms with Crippen molar-refractivity contribution in [3.63, 3.8) is 0 Å². The Morgan fingerprint density at radius 3 is 2.26 bits per heavy atom. The maximum absolute atomic E-state index is 14.6. The van der Waals surface area contributed by atoms with Gasteiger partial charge >= 0.3 is 18.2 Å². The molecule has 4 aromatic rings. The third kappa shape index (κ3) is 13.5. The first-order valence-electron chi connectivity index (χ1n) is 21.3. The fourth-order valence-corrected chi connectivity index (χ4v) is 7.41. The molecule has 3 N–H and O–H groups in total. The Hall–Kier alpha value is -5.99. The Labute approximate surface area is 366 Å². The first-order chi connectivity index (χ1) is 29.5. The van der Waals surface area contributed by atoms with Gasteiger partial charge in [0.15, 0.2) is 0 Å². The summed E-state index contributed by atoms with van der Waals surface area (Å²) in [7, 11) is 1.21. The predicted octanol–water partition coefficient (Wildman–Crippen LogP) is 7.47. The second-order valence-electron chi connectivity index (χ2n) is 17.3. The van der Waals surface area contributed by atoms with Crippen LogP contribution >= 0.6 is 0 Å². The van der Waals surface area contributed by atoms with Crippen molar-refractivity contribution in [3.8, 4) is 11.5 Å². The highest BCUT2D eigenvalue weighted by Gasteiger charge is 2.41. The minimum Gasteiger partial charge on any atom is -0.457 e. The van der Waals surface area contributed by atoms with E-state index in [0.29, 0.717) is 37.6 Å². The average Bonchev–Trinajstić information content (AvgIpc) is 3.58. The van der Waals surface area contributed by atoms with E-state index in [-0.39, 0.29) is 43.9 Å². The standard InChI is InChI=1S/C48H63N7O7/c1-9-34(3)43(54-26-25-52(46(54)59)30-38-19-13-15-35(4)49-38)44(57)50-41(28-36-16-11-10-12-17-36)42(56)31-53(51-45(58)55(47(60)61-8)32-48(5,6)7)29-37-18-14-20-40(27-37)62-39-23-21-33(2)22-24-39/h10-24,27,34,41-43,56H,9,25-26,28-32H2,1-8H3,(H,50,57)(H,51,58). The van der Waals surface area contributed by atoms with E-state index in [4.69, 9.17) is 9.47 Å². The van der Waals surface area contributed by atoms with Crippen molar-refractivity contribution in [1.82, 2.24) is 35.4 Å². The Morgan fingerprint density at radius 2 is 1.60 bits per heavy atom. The topological polar surface area (TPSA) is 157 Å². The van der Waals surface area contributed by atoms with Crippen molar-refractivity contribution in [2.75, 3.05) is 33.3 Å². The number of nitrogens with zero attached hydrogens (tertiary/aromatic N) is 5. The number of ether oxygens (including phenoxy) is 2. The molecule has 0 spiro atoms. The number of rotatable bonds is 18. The fourth-order valence-electron chi connectivity index (χ4n) is 7.41. The molecule has 1 aromatic heterocycles. The van der Waals surface area contributed by atoms with Crippen LogP contribution in [-0.4, -0.2) is 105 Å². The summed E-state index contributed by atoms with van der Waals surface area (Å²) in [5, 5.41) is 16.9. The first kappa shape index (κ1) is 47.1. The largest absolute Gasteiger partial charge is 0.457 e. The lowest BCUT2D eigenvalue weighted by atomic mass is 9.95. The van der Waals surface area contributed by atoms with Crippen LogP contribution in [0.2, 0.25) is 0 Å². The molecular weight excluding hydrogens is 787 g/mol. The molecule has 4 atom stereocenters. The summed E-state index contributed by atoms with van der Waals surface area (Å²) >= 11 is 0. The van der Waals surface area contributed by atoms with Crippen LogP contribution in [0.25, 0.3) is 0 Å². The molecule has 0 aliphatic carbocycles. The van der Waals surface area contributed by atoms with E-state index >= 15 is 0 Å². The normalized spacial score (nSPS) is 14.8. The van der Waals surface area contributed by atoms with E-state index in [1.165, 1.54) is 12.1 Å². The van der Waals surface area contributed by atoms with Gasteiger partial charge in [-0.3, -0.25) is 15.2 Å². The first-order valence-corrected chi connectivity index (χ1v) is 21.3. The highest BCUT2D eigenvalue weighted by Crippen LogP contribution is 2.25. The molecule has 0 saturated carbocycles. The zero-order valence-electron chi connectivity index (χ0n) is 37.3. The number of hydrogen-bond acceptors (Lipinski definition) is 9. The maximum atomic E-state index is 14.6. The third-order valence-electron chi connectivity index (χ3n) is 10.8. The number of imide groups is 1. The Bertz CT molecular complexity index is 2110. The zero-order chi connectivity index (χ0) is 45.0. The average molecular weight is 850 g/mol. The van der Waals surface area contributed by atoms with Gasteiger partial charge in [-0.15, -0.1) is 0 Å². The number of benzene rings is 3. The number of urea groups is 2. The predicted molar refractivity (Wildman–Crippen MR) is 238 cm³/mol. The molecule has 2 heterocycles. The number of carbonyl (C=O) groups is 4. The van der Waals surface area contributed by atoms with Gasteiger partial charge in [-0.2, -0.15) is 0 Å². The molecule has 332 valence electrons. The lowest BCUT2D eigenvalue weighted by molar-refractivity contribution is -0.128. The second-order valence-corrected chi connectivity index (χ2v) is 17.3.